The Hall–Kier alpha value is -0.420. The number of rotatable bonds is 6. The maximum atomic E-state index is 9.19. The molecule has 4 N–H and O–H groups in total. The standard InChI is InChI=1S/C12H21NO3/c14-6-12(7-15,8-16)13-5-11-4-9-1-2-10(11)3-9/h1-2,9-11,13-16H,3-8H2. The molecule has 3 atom stereocenters. The highest BCUT2D eigenvalue weighted by atomic mass is 16.3. The lowest BCUT2D eigenvalue weighted by Crippen LogP contribution is -2.56. The summed E-state index contributed by atoms with van der Waals surface area (Å²) in [5.74, 6) is 1.95. The van der Waals surface area contributed by atoms with Crippen molar-refractivity contribution in [1.82, 2.24) is 5.32 Å². The van der Waals surface area contributed by atoms with Crippen LogP contribution in [-0.4, -0.2) is 47.2 Å². The van der Waals surface area contributed by atoms with E-state index in [1.807, 2.05) is 0 Å². The third-order valence-corrected chi connectivity index (χ3v) is 4.06. The van der Waals surface area contributed by atoms with Gasteiger partial charge in [-0.2, -0.15) is 0 Å². The summed E-state index contributed by atoms with van der Waals surface area (Å²) in [6.45, 7) is 0.0388. The van der Waals surface area contributed by atoms with Crippen molar-refractivity contribution >= 4 is 0 Å². The van der Waals surface area contributed by atoms with Crippen LogP contribution in [0, 0.1) is 17.8 Å². The second-order valence-electron chi connectivity index (χ2n) is 5.18. The maximum Gasteiger partial charge on any atom is 0.0881 e. The number of hydrogen-bond donors (Lipinski definition) is 4. The molecule has 1 fully saturated rings. The minimum absolute atomic E-state index is 0.239. The van der Waals surface area contributed by atoms with E-state index in [4.69, 9.17) is 0 Å². The Morgan fingerprint density at radius 1 is 1.06 bits per heavy atom. The molecule has 0 amide bonds. The van der Waals surface area contributed by atoms with Crippen LogP contribution in [0.3, 0.4) is 0 Å². The Bertz CT molecular complexity index is 255. The number of aliphatic hydroxyl groups excluding tert-OH is 3. The lowest BCUT2D eigenvalue weighted by Gasteiger charge is -2.31. The summed E-state index contributed by atoms with van der Waals surface area (Å²) in [6.07, 6.45) is 7.00. The first-order valence-electron chi connectivity index (χ1n) is 5.99. The summed E-state index contributed by atoms with van der Waals surface area (Å²) in [5, 5.41) is 30.7. The van der Waals surface area contributed by atoms with Gasteiger partial charge >= 0.3 is 0 Å². The van der Waals surface area contributed by atoms with E-state index < -0.39 is 5.54 Å². The van der Waals surface area contributed by atoms with Gasteiger partial charge in [-0.05, 0) is 37.1 Å². The van der Waals surface area contributed by atoms with Crippen LogP contribution in [0.5, 0.6) is 0 Å². The van der Waals surface area contributed by atoms with Gasteiger partial charge in [0.1, 0.15) is 0 Å². The summed E-state index contributed by atoms with van der Waals surface area (Å²) >= 11 is 0. The minimum Gasteiger partial charge on any atom is -0.394 e. The number of fused-ring (bicyclic) bond motifs is 2. The first kappa shape index (κ1) is 12.0. The Labute approximate surface area is 96.0 Å². The molecule has 0 aliphatic heterocycles. The first-order valence-corrected chi connectivity index (χ1v) is 5.99. The van der Waals surface area contributed by atoms with Crippen molar-refractivity contribution in [2.24, 2.45) is 17.8 Å². The van der Waals surface area contributed by atoms with E-state index >= 15 is 0 Å². The lowest BCUT2D eigenvalue weighted by atomic mass is 9.92. The Kier molecular flexibility index (Phi) is 3.64. The van der Waals surface area contributed by atoms with Crippen LogP contribution in [-0.2, 0) is 0 Å². The van der Waals surface area contributed by atoms with Crippen molar-refractivity contribution in [3.63, 3.8) is 0 Å². The predicted octanol–water partition coefficient (Wildman–Crippen LogP) is -0.496. The van der Waals surface area contributed by atoms with Crippen molar-refractivity contribution in [2.45, 2.75) is 18.4 Å². The highest BCUT2D eigenvalue weighted by molar-refractivity contribution is 5.10. The molecule has 0 heterocycles. The SMILES string of the molecule is OCC(CO)(CO)NCC1CC2C=CC1C2. The van der Waals surface area contributed by atoms with Crippen molar-refractivity contribution in [2.75, 3.05) is 26.4 Å². The van der Waals surface area contributed by atoms with E-state index in [0.717, 1.165) is 12.5 Å². The highest BCUT2D eigenvalue weighted by Crippen LogP contribution is 2.43. The molecule has 2 rings (SSSR count). The molecule has 4 nitrogen and oxygen atoms in total. The van der Waals surface area contributed by atoms with Gasteiger partial charge in [0.05, 0.1) is 25.4 Å². The molecule has 92 valence electrons. The van der Waals surface area contributed by atoms with Crippen LogP contribution >= 0.6 is 0 Å². The van der Waals surface area contributed by atoms with Crippen LogP contribution in [0.15, 0.2) is 12.2 Å². The van der Waals surface area contributed by atoms with Gasteiger partial charge in [-0.25, -0.2) is 0 Å². The molecule has 2 aliphatic carbocycles. The van der Waals surface area contributed by atoms with E-state index in [-0.39, 0.29) is 19.8 Å². The van der Waals surface area contributed by atoms with Gasteiger partial charge in [0.25, 0.3) is 0 Å². The van der Waals surface area contributed by atoms with Crippen LogP contribution in [0.1, 0.15) is 12.8 Å². The van der Waals surface area contributed by atoms with Crippen LogP contribution < -0.4 is 5.32 Å². The van der Waals surface area contributed by atoms with Crippen molar-refractivity contribution < 1.29 is 15.3 Å². The molecular weight excluding hydrogens is 206 g/mol. The average Bonchev–Trinajstić information content (AvgIpc) is 2.93. The van der Waals surface area contributed by atoms with Crippen LogP contribution in [0.25, 0.3) is 0 Å². The van der Waals surface area contributed by atoms with Gasteiger partial charge in [-0.1, -0.05) is 12.2 Å². The van der Waals surface area contributed by atoms with E-state index in [0.29, 0.717) is 11.8 Å². The third kappa shape index (κ3) is 2.15. The molecule has 0 saturated heterocycles. The number of hydrogen-bond acceptors (Lipinski definition) is 4. The smallest absolute Gasteiger partial charge is 0.0881 e. The fourth-order valence-corrected chi connectivity index (χ4v) is 2.79. The fraction of sp³-hybridized carbons (Fsp3) is 0.833. The van der Waals surface area contributed by atoms with E-state index in [2.05, 4.69) is 17.5 Å². The van der Waals surface area contributed by atoms with Gasteiger partial charge in [-0.3, -0.25) is 0 Å². The fourth-order valence-electron chi connectivity index (χ4n) is 2.79. The highest BCUT2D eigenvalue weighted by Gasteiger charge is 2.37. The largest absolute Gasteiger partial charge is 0.394 e. The Morgan fingerprint density at radius 2 is 1.75 bits per heavy atom. The zero-order valence-electron chi connectivity index (χ0n) is 9.47. The molecule has 3 unspecified atom stereocenters. The van der Waals surface area contributed by atoms with Gasteiger partial charge in [0.2, 0.25) is 0 Å². The zero-order valence-corrected chi connectivity index (χ0v) is 9.47. The number of nitrogens with one attached hydrogen (secondary N) is 1. The van der Waals surface area contributed by atoms with Crippen LogP contribution in [0.4, 0.5) is 0 Å². The Morgan fingerprint density at radius 3 is 2.19 bits per heavy atom. The molecule has 0 aromatic carbocycles. The maximum absolute atomic E-state index is 9.19. The molecule has 4 heteroatoms. The summed E-state index contributed by atoms with van der Waals surface area (Å²) in [5.41, 5.74) is -0.925. The molecule has 16 heavy (non-hydrogen) atoms. The van der Waals surface area contributed by atoms with Crippen molar-refractivity contribution in [1.29, 1.82) is 0 Å². The van der Waals surface area contributed by atoms with E-state index in [1.165, 1.54) is 12.8 Å². The monoisotopic (exact) mass is 227 g/mol. The summed E-state index contributed by atoms with van der Waals surface area (Å²) in [7, 11) is 0. The second-order valence-corrected chi connectivity index (χ2v) is 5.18. The van der Waals surface area contributed by atoms with Crippen molar-refractivity contribution in [3.05, 3.63) is 12.2 Å². The molecule has 1 saturated carbocycles. The topological polar surface area (TPSA) is 72.7 Å². The molecule has 0 aromatic rings. The number of allylic oxidation sites excluding steroid dienone is 2. The first-order chi connectivity index (χ1) is 7.73. The number of aliphatic hydroxyl groups is 3. The summed E-state index contributed by atoms with van der Waals surface area (Å²) in [6, 6.07) is 0. The third-order valence-electron chi connectivity index (χ3n) is 4.06. The normalized spacial score (nSPS) is 32.6. The molecule has 2 aliphatic rings. The second kappa shape index (κ2) is 4.84. The van der Waals surface area contributed by atoms with E-state index in [1.54, 1.807) is 0 Å². The zero-order chi connectivity index (χ0) is 11.6. The van der Waals surface area contributed by atoms with Crippen molar-refractivity contribution in [3.8, 4) is 0 Å². The average molecular weight is 227 g/mol. The molecule has 0 radical (unpaired) electrons. The molecular formula is C12H21NO3. The summed E-state index contributed by atoms with van der Waals surface area (Å²) in [4.78, 5) is 0. The van der Waals surface area contributed by atoms with Gasteiger partial charge < -0.3 is 20.6 Å². The van der Waals surface area contributed by atoms with E-state index in [9.17, 15) is 15.3 Å². The lowest BCUT2D eigenvalue weighted by molar-refractivity contribution is 0.0390. The van der Waals surface area contributed by atoms with Gasteiger partial charge in [0.15, 0.2) is 0 Å². The molecule has 0 aromatic heterocycles. The quantitative estimate of drug-likeness (QED) is 0.462. The predicted molar refractivity (Wildman–Crippen MR) is 60.8 cm³/mol. The minimum atomic E-state index is -0.925. The van der Waals surface area contributed by atoms with Gasteiger partial charge in [0, 0.05) is 0 Å². The summed E-state index contributed by atoms with van der Waals surface area (Å²) < 4.78 is 0. The molecule has 0 spiro atoms. The molecule has 2 bridgehead atoms. The van der Waals surface area contributed by atoms with Gasteiger partial charge in [-0.15, -0.1) is 0 Å². The Balaban J connectivity index is 1.84. The van der Waals surface area contributed by atoms with Crippen LogP contribution in [0.2, 0.25) is 0 Å².